The number of halogens is 5. The van der Waals surface area contributed by atoms with Crippen molar-refractivity contribution in [2.45, 2.75) is 25.4 Å². The molecule has 12 heteroatoms. The van der Waals surface area contributed by atoms with Gasteiger partial charge in [-0.15, -0.1) is 11.3 Å². The highest BCUT2D eigenvalue weighted by Gasteiger charge is 2.37. The lowest BCUT2D eigenvalue weighted by Gasteiger charge is -2.26. The highest BCUT2D eigenvalue weighted by Crippen LogP contribution is 2.41. The van der Waals surface area contributed by atoms with Crippen molar-refractivity contribution in [1.29, 1.82) is 0 Å². The van der Waals surface area contributed by atoms with Gasteiger partial charge in [-0.25, -0.2) is 5.06 Å². The molecular weight excluding hydrogens is 433 g/mol. The van der Waals surface area contributed by atoms with Gasteiger partial charge in [-0.3, -0.25) is 20.0 Å². The Morgan fingerprint density at radius 3 is 2.54 bits per heavy atom. The van der Waals surface area contributed by atoms with Gasteiger partial charge < -0.3 is 0 Å². The molecular formula is C14H15Cl3F2N4O2S. The Balaban J connectivity index is 2.32. The number of alkyl halides is 2. The minimum Gasteiger partial charge on any atom is -0.274 e. The molecule has 0 radical (unpaired) electrons. The smallest absolute Gasteiger partial charge is 0.274 e. The Hall–Kier alpha value is -0.970. The monoisotopic (exact) mass is 446 g/mol. The van der Waals surface area contributed by atoms with E-state index in [1.165, 1.54) is 14.2 Å². The van der Waals surface area contributed by atoms with Gasteiger partial charge >= 0.3 is 6.05 Å². The summed E-state index contributed by atoms with van der Waals surface area (Å²) >= 11 is 19.3. The van der Waals surface area contributed by atoms with Crippen molar-refractivity contribution in [1.82, 2.24) is 14.8 Å². The second kappa shape index (κ2) is 7.95. The Morgan fingerprint density at radius 2 is 2.08 bits per heavy atom. The van der Waals surface area contributed by atoms with E-state index in [1.54, 1.807) is 6.92 Å². The molecule has 2 N–H and O–H groups in total. The maximum absolute atomic E-state index is 13.6. The van der Waals surface area contributed by atoms with Crippen LogP contribution in [0.5, 0.6) is 0 Å². The summed E-state index contributed by atoms with van der Waals surface area (Å²) < 4.78 is 28.9. The van der Waals surface area contributed by atoms with Crippen LogP contribution in [0.4, 0.5) is 8.78 Å². The number of amides is 1. The third kappa shape index (κ3) is 4.29. The molecule has 2 heterocycles. The molecule has 2 aromatic heterocycles. The molecule has 0 spiro atoms. The third-order valence-electron chi connectivity index (χ3n) is 3.53. The summed E-state index contributed by atoms with van der Waals surface area (Å²) in [5, 5.41) is 4.79. The zero-order chi connectivity index (χ0) is 19.8. The normalized spacial score (nSPS) is 13.1. The Morgan fingerprint density at radius 1 is 1.46 bits per heavy atom. The van der Waals surface area contributed by atoms with Crippen LogP contribution >= 0.6 is 46.1 Å². The van der Waals surface area contributed by atoms with E-state index in [1.807, 2.05) is 0 Å². The Bertz CT molecular complexity index is 822. The van der Waals surface area contributed by atoms with E-state index in [-0.39, 0.29) is 17.0 Å². The summed E-state index contributed by atoms with van der Waals surface area (Å²) in [4.78, 5) is 17.8. The van der Waals surface area contributed by atoms with Gasteiger partial charge in [0.05, 0.1) is 28.1 Å². The third-order valence-corrected chi connectivity index (χ3v) is 5.84. The number of nitrogens with zero attached hydrogens (tertiary/aromatic N) is 3. The van der Waals surface area contributed by atoms with Crippen molar-refractivity contribution in [2.24, 2.45) is 12.8 Å². The summed E-state index contributed by atoms with van der Waals surface area (Å²) in [6, 6.07) is -4.37. The lowest BCUT2D eigenvalue weighted by atomic mass is 10.1. The second-order valence-corrected chi connectivity index (χ2v) is 8.10. The number of carbonyl (C=O) groups excluding carboxylic acids is 1. The molecule has 2 aromatic rings. The molecule has 0 aliphatic carbocycles. The SMILES string of the molecule is CON(C(=O)c1cn(C)nc1C(N)(F)F)C(C)Cc1c(Cl)sc(Cl)c1Cl. The van der Waals surface area contributed by atoms with Crippen molar-refractivity contribution in [3.63, 3.8) is 0 Å². The van der Waals surface area contributed by atoms with Gasteiger partial charge in [0, 0.05) is 18.8 Å². The quantitative estimate of drug-likeness (QED) is 0.535. The predicted molar refractivity (Wildman–Crippen MR) is 97.0 cm³/mol. The van der Waals surface area contributed by atoms with E-state index < -0.39 is 23.7 Å². The minimum absolute atomic E-state index is 0.203. The van der Waals surface area contributed by atoms with E-state index in [2.05, 4.69) is 5.10 Å². The number of carbonyl (C=O) groups is 1. The Labute approximate surface area is 167 Å². The zero-order valence-corrected chi connectivity index (χ0v) is 17.0. The van der Waals surface area contributed by atoms with Crippen LogP contribution in [0.2, 0.25) is 13.7 Å². The summed E-state index contributed by atoms with van der Waals surface area (Å²) in [6.45, 7) is 1.65. The molecule has 2 rings (SSSR count). The van der Waals surface area contributed by atoms with Crippen LogP contribution in [0, 0.1) is 0 Å². The summed E-state index contributed by atoms with van der Waals surface area (Å²) in [5.41, 5.74) is 4.16. The number of hydrogen-bond donors (Lipinski definition) is 1. The number of aromatic nitrogens is 2. The molecule has 0 saturated carbocycles. The fourth-order valence-corrected chi connectivity index (χ4v) is 4.35. The maximum Gasteiger partial charge on any atom is 0.346 e. The molecule has 0 saturated heterocycles. The largest absolute Gasteiger partial charge is 0.346 e. The van der Waals surface area contributed by atoms with Crippen molar-refractivity contribution >= 4 is 52.0 Å². The van der Waals surface area contributed by atoms with E-state index in [0.29, 0.717) is 14.2 Å². The van der Waals surface area contributed by atoms with Crippen LogP contribution in [0.1, 0.15) is 28.5 Å². The van der Waals surface area contributed by atoms with Gasteiger partial charge in [-0.2, -0.15) is 13.9 Å². The maximum atomic E-state index is 13.6. The first-order valence-electron chi connectivity index (χ1n) is 7.18. The van der Waals surface area contributed by atoms with Gasteiger partial charge in [0.15, 0.2) is 5.69 Å². The molecule has 26 heavy (non-hydrogen) atoms. The van der Waals surface area contributed by atoms with Crippen LogP contribution in [-0.4, -0.2) is 33.9 Å². The molecule has 0 bridgehead atoms. The fourth-order valence-electron chi connectivity index (χ4n) is 2.41. The molecule has 1 atom stereocenters. The number of nitrogens with two attached hydrogens (primary N) is 1. The Kier molecular flexibility index (Phi) is 6.53. The number of rotatable bonds is 6. The van der Waals surface area contributed by atoms with Crippen molar-refractivity contribution in [2.75, 3.05) is 7.11 Å². The summed E-state index contributed by atoms with van der Waals surface area (Å²) in [6.07, 6.45) is 1.35. The molecule has 0 fully saturated rings. The van der Waals surface area contributed by atoms with Crippen LogP contribution in [0.25, 0.3) is 0 Å². The van der Waals surface area contributed by atoms with Gasteiger partial charge in [0.2, 0.25) is 0 Å². The van der Waals surface area contributed by atoms with Crippen LogP contribution in [-0.2, 0) is 24.4 Å². The number of hydroxylamine groups is 2. The van der Waals surface area contributed by atoms with Crippen LogP contribution < -0.4 is 5.73 Å². The lowest BCUT2D eigenvalue weighted by Crippen LogP contribution is -2.40. The van der Waals surface area contributed by atoms with E-state index in [4.69, 9.17) is 45.4 Å². The van der Waals surface area contributed by atoms with Crippen molar-refractivity contribution in [3.05, 3.63) is 36.7 Å². The molecule has 1 unspecified atom stereocenters. The highest BCUT2D eigenvalue weighted by atomic mass is 35.5. The average molecular weight is 448 g/mol. The standard InChI is InChI=1S/C14H15Cl3F2N4O2S/c1-6(4-7-9(15)12(17)26-11(7)16)23(25-3)13(24)8-5-22(2)21-10(8)14(18,19)20/h5-6H,4,20H2,1-3H3. The fraction of sp³-hybridized carbons (Fsp3) is 0.429. The van der Waals surface area contributed by atoms with E-state index >= 15 is 0 Å². The molecule has 0 aliphatic rings. The van der Waals surface area contributed by atoms with Gasteiger partial charge in [-0.1, -0.05) is 34.8 Å². The molecule has 0 aromatic carbocycles. The highest BCUT2D eigenvalue weighted by molar-refractivity contribution is 7.20. The molecule has 144 valence electrons. The molecule has 1 amide bonds. The van der Waals surface area contributed by atoms with E-state index in [0.717, 1.165) is 27.3 Å². The topological polar surface area (TPSA) is 73.4 Å². The van der Waals surface area contributed by atoms with Gasteiger partial charge in [-0.05, 0) is 13.3 Å². The van der Waals surface area contributed by atoms with Crippen molar-refractivity contribution < 1.29 is 18.4 Å². The summed E-state index contributed by atoms with van der Waals surface area (Å²) in [5.74, 6) is -0.818. The van der Waals surface area contributed by atoms with Crippen LogP contribution in [0.15, 0.2) is 6.20 Å². The predicted octanol–water partition coefficient (Wildman–Crippen LogP) is 4.08. The zero-order valence-electron chi connectivity index (χ0n) is 13.9. The minimum atomic E-state index is -3.78. The number of thiophene rings is 1. The van der Waals surface area contributed by atoms with Gasteiger partial charge in [0.1, 0.15) is 4.34 Å². The number of aryl methyl sites for hydroxylation is 1. The first kappa shape index (κ1) is 21.3. The van der Waals surface area contributed by atoms with Crippen molar-refractivity contribution in [3.8, 4) is 0 Å². The first-order chi connectivity index (χ1) is 12.0. The number of hydrogen-bond acceptors (Lipinski definition) is 5. The van der Waals surface area contributed by atoms with E-state index in [9.17, 15) is 13.6 Å². The summed E-state index contributed by atoms with van der Waals surface area (Å²) in [7, 11) is 2.65. The molecule has 0 aliphatic heterocycles. The van der Waals surface area contributed by atoms with Gasteiger partial charge in [0.25, 0.3) is 5.91 Å². The lowest BCUT2D eigenvalue weighted by molar-refractivity contribution is -0.119. The van der Waals surface area contributed by atoms with Crippen LogP contribution in [0.3, 0.4) is 0 Å². The average Bonchev–Trinajstić information content (AvgIpc) is 3.03. The first-order valence-corrected chi connectivity index (χ1v) is 9.13. The second-order valence-electron chi connectivity index (χ2n) is 5.50. The molecule has 6 nitrogen and oxygen atoms in total.